The monoisotopic (exact) mass is 391 g/mol. The number of nitrogens with zero attached hydrogens (tertiary/aromatic N) is 1. The lowest BCUT2D eigenvalue weighted by molar-refractivity contribution is -0.130. The molecule has 126 valence electrons. The average Bonchev–Trinajstić information content (AvgIpc) is 2.58. The molecule has 0 saturated heterocycles. The van der Waals surface area contributed by atoms with E-state index in [0.29, 0.717) is 17.9 Å². The summed E-state index contributed by atoms with van der Waals surface area (Å²) in [6, 6.07) is 12.1. The largest absolute Gasteiger partial charge is 0.496 e. The van der Waals surface area contributed by atoms with Gasteiger partial charge in [0.1, 0.15) is 11.6 Å². The third-order valence-corrected chi connectivity index (χ3v) is 4.10. The van der Waals surface area contributed by atoms with Gasteiger partial charge in [-0.3, -0.25) is 4.79 Å². The molecule has 0 unspecified atom stereocenters. The first kappa shape index (κ1) is 18.2. The minimum atomic E-state index is -0.336. The van der Waals surface area contributed by atoms with E-state index < -0.39 is 0 Å². The third-order valence-electron chi connectivity index (χ3n) is 3.61. The summed E-state index contributed by atoms with van der Waals surface area (Å²) in [5, 5.41) is 0. The molecule has 5 heteroatoms. The molecule has 24 heavy (non-hydrogen) atoms. The van der Waals surface area contributed by atoms with Crippen LogP contribution in [-0.2, 0) is 17.8 Å². The molecular formula is C19H19BrFNO2. The predicted octanol–water partition coefficient (Wildman–Crippen LogP) is 4.35. The molecule has 0 radical (unpaired) electrons. The van der Waals surface area contributed by atoms with E-state index in [0.717, 1.165) is 10.0 Å². The van der Waals surface area contributed by atoms with E-state index in [1.165, 1.54) is 6.07 Å². The second-order valence-corrected chi connectivity index (χ2v) is 6.20. The molecule has 0 aliphatic carbocycles. The Balaban J connectivity index is 2.18. The smallest absolute Gasteiger partial charge is 0.227 e. The molecule has 0 atom stereocenters. The van der Waals surface area contributed by atoms with Crippen molar-refractivity contribution in [3.8, 4) is 5.75 Å². The van der Waals surface area contributed by atoms with Crippen molar-refractivity contribution < 1.29 is 13.9 Å². The topological polar surface area (TPSA) is 29.5 Å². The van der Waals surface area contributed by atoms with Gasteiger partial charge in [0.2, 0.25) is 5.91 Å². The number of halogens is 2. The molecule has 0 bridgehead atoms. The summed E-state index contributed by atoms with van der Waals surface area (Å²) in [6.07, 6.45) is 1.82. The number of hydrogen-bond acceptors (Lipinski definition) is 2. The van der Waals surface area contributed by atoms with Crippen LogP contribution in [0.4, 0.5) is 4.39 Å². The quantitative estimate of drug-likeness (QED) is 0.656. The Labute approximate surface area is 149 Å². The third kappa shape index (κ3) is 4.68. The summed E-state index contributed by atoms with van der Waals surface area (Å²) < 4.78 is 20.0. The Morgan fingerprint density at radius 2 is 2.04 bits per heavy atom. The fourth-order valence-electron chi connectivity index (χ4n) is 2.40. The minimum Gasteiger partial charge on any atom is -0.496 e. The Kier molecular flexibility index (Phi) is 6.55. The number of carbonyl (C=O) groups excluding carboxylic acids is 1. The van der Waals surface area contributed by atoms with E-state index in [1.54, 1.807) is 30.2 Å². The zero-order valence-electron chi connectivity index (χ0n) is 13.5. The van der Waals surface area contributed by atoms with Gasteiger partial charge in [0.05, 0.1) is 13.5 Å². The number of benzene rings is 2. The number of para-hydroxylation sites is 1. The molecule has 2 rings (SSSR count). The highest BCUT2D eigenvalue weighted by atomic mass is 79.9. The van der Waals surface area contributed by atoms with Crippen molar-refractivity contribution in [2.75, 3.05) is 13.7 Å². The number of methoxy groups -OCH3 is 1. The number of hydrogen-bond donors (Lipinski definition) is 0. The van der Waals surface area contributed by atoms with Gasteiger partial charge in [0.25, 0.3) is 0 Å². The summed E-state index contributed by atoms with van der Waals surface area (Å²) >= 11 is 3.33. The van der Waals surface area contributed by atoms with Crippen molar-refractivity contribution in [1.29, 1.82) is 0 Å². The molecule has 2 aromatic rings. The first-order valence-electron chi connectivity index (χ1n) is 7.49. The molecule has 0 N–H and O–H groups in total. The van der Waals surface area contributed by atoms with Gasteiger partial charge in [-0.1, -0.05) is 40.2 Å². The van der Waals surface area contributed by atoms with Crippen LogP contribution in [0.1, 0.15) is 11.1 Å². The van der Waals surface area contributed by atoms with Crippen LogP contribution in [-0.4, -0.2) is 24.5 Å². The lowest BCUT2D eigenvalue weighted by atomic mass is 10.1. The molecule has 0 spiro atoms. The predicted molar refractivity (Wildman–Crippen MR) is 96.4 cm³/mol. The van der Waals surface area contributed by atoms with Gasteiger partial charge in [0, 0.05) is 28.7 Å². The van der Waals surface area contributed by atoms with Gasteiger partial charge in [-0.2, -0.15) is 0 Å². The Hall–Kier alpha value is -2.14. The normalized spacial score (nSPS) is 10.3. The van der Waals surface area contributed by atoms with Crippen molar-refractivity contribution >= 4 is 21.8 Å². The van der Waals surface area contributed by atoms with E-state index in [4.69, 9.17) is 4.74 Å². The van der Waals surface area contributed by atoms with Gasteiger partial charge < -0.3 is 9.64 Å². The lowest BCUT2D eigenvalue weighted by Gasteiger charge is -2.22. The first-order chi connectivity index (χ1) is 11.5. The first-order valence-corrected chi connectivity index (χ1v) is 8.29. The molecule has 0 saturated carbocycles. The van der Waals surface area contributed by atoms with Crippen LogP contribution in [0, 0.1) is 5.82 Å². The van der Waals surface area contributed by atoms with Crippen LogP contribution in [0.15, 0.2) is 59.6 Å². The Morgan fingerprint density at radius 1 is 1.29 bits per heavy atom. The maximum atomic E-state index is 14.0. The second kappa shape index (κ2) is 8.64. The van der Waals surface area contributed by atoms with Crippen LogP contribution < -0.4 is 4.74 Å². The van der Waals surface area contributed by atoms with Crippen LogP contribution in [0.25, 0.3) is 0 Å². The van der Waals surface area contributed by atoms with E-state index in [9.17, 15) is 9.18 Å². The van der Waals surface area contributed by atoms with Crippen LogP contribution in [0.2, 0.25) is 0 Å². The molecule has 0 fully saturated rings. The summed E-state index contributed by atoms with van der Waals surface area (Å²) in [5.41, 5.74) is 1.26. The van der Waals surface area contributed by atoms with Crippen molar-refractivity contribution in [2.45, 2.75) is 13.0 Å². The summed E-state index contributed by atoms with van der Waals surface area (Å²) in [6.45, 7) is 4.22. The van der Waals surface area contributed by atoms with Gasteiger partial charge in [-0.15, -0.1) is 6.58 Å². The van der Waals surface area contributed by atoms with Gasteiger partial charge in [0.15, 0.2) is 0 Å². The highest BCUT2D eigenvalue weighted by Crippen LogP contribution is 2.21. The minimum absolute atomic E-state index is 0.112. The molecule has 3 nitrogen and oxygen atoms in total. The maximum absolute atomic E-state index is 14.0. The van der Waals surface area contributed by atoms with Crippen molar-refractivity contribution in [2.24, 2.45) is 0 Å². The number of amides is 1. The summed E-state index contributed by atoms with van der Waals surface area (Å²) in [7, 11) is 1.57. The zero-order chi connectivity index (χ0) is 17.5. The van der Waals surface area contributed by atoms with E-state index in [2.05, 4.69) is 22.5 Å². The molecule has 0 aliphatic rings. The van der Waals surface area contributed by atoms with Gasteiger partial charge >= 0.3 is 0 Å². The molecular weight excluding hydrogens is 373 g/mol. The van der Waals surface area contributed by atoms with Gasteiger partial charge in [-0.05, 0) is 24.3 Å². The molecule has 0 aliphatic heterocycles. The Bertz CT molecular complexity index is 733. The van der Waals surface area contributed by atoms with Crippen LogP contribution in [0.3, 0.4) is 0 Å². The highest BCUT2D eigenvalue weighted by molar-refractivity contribution is 9.10. The molecule has 0 heterocycles. The van der Waals surface area contributed by atoms with Crippen LogP contribution in [0.5, 0.6) is 5.75 Å². The zero-order valence-corrected chi connectivity index (χ0v) is 15.1. The molecule has 0 aromatic heterocycles. The lowest BCUT2D eigenvalue weighted by Crippen LogP contribution is -2.32. The van der Waals surface area contributed by atoms with Crippen molar-refractivity contribution in [1.82, 2.24) is 4.90 Å². The highest BCUT2D eigenvalue weighted by Gasteiger charge is 2.17. The van der Waals surface area contributed by atoms with E-state index >= 15 is 0 Å². The second-order valence-electron chi connectivity index (χ2n) is 5.29. The average molecular weight is 392 g/mol. The van der Waals surface area contributed by atoms with Gasteiger partial charge in [-0.25, -0.2) is 4.39 Å². The fraction of sp³-hybridized carbons (Fsp3) is 0.211. The summed E-state index contributed by atoms with van der Waals surface area (Å²) in [5.74, 6) is 0.217. The SMILES string of the molecule is C=CCN(Cc1cc(Br)ccc1F)C(=O)Cc1ccccc1OC. The van der Waals surface area contributed by atoms with E-state index in [-0.39, 0.29) is 24.7 Å². The number of carbonyl (C=O) groups is 1. The van der Waals surface area contributed by atoms with Crippen molar-refractivity contribution in [3.63, 3.8) is 0 Å². The standard InChI is InChI=1S/C19H19BrFNO2/c1-3-10-22(13-15-11-16(20)8-9-17(15)21)19(23)12-14-6-4-5-7-18(14)24-2/h3-9,11H,1,10,12-13H2,2H3. The molecule has 2 aromatic carbocycles. The van der Waals surface area contributed by atoms with Crippen molar-refractivity contribution in [3.05, 3.63) is 76.5 Å². The van der Waals surface area contributed by atoms with E-state index in [1.807, 2.05) is 24.3 Å². The molecule has 1 amide bonds. The summed E-state index contributed by atoms with van der Waals surface area (Å²) in [4.78, 5) is 14.2. The fourth-order valence-corrected chi connectivity index (χ4v) is 2.81. The van der Waals surface area contributed by atoms with Crippen LogP contribution >= 0.6 is 15.9 Å². The number of rotatable bonds is 7. The number of ether oxygens (including phenoxy) is 1. The Morgan fingerprint density at radius 3 is 2.75 bits per heavy atom. The maximum Gasteiger partial charge on any atom is 0.227 e.